The molecule has 0 heterocycles. The summed E-state index contributed by atoms with van der Waals surface area (Å²) in [5.74, 6) is -0.917. The van der Waals surface area contributed by atoms with E-state index in [1.165, 1.54) is 23.1 Å². The van der Waals surface area contributed by atoms with Crippen LogP contribution in [0.25, 0.3) is 0 Å². The van der Waals surface area contributed by atoms with Gasteiger partial charge in [0.1, 0.15) is 12.6 Å². The highest BCUT2D eigenvalue weighted by Gasteiger charge is 2.33. The molecule has 0 bridgehead atoms. The van der Waals surface area contributed by atoms with Crippen molar-refractivity contribution in [1.29, 1.82) is 0 Å². The highest BCUT2D eigenvalue weighted by Crippen LogP contribution is 2.29. The molecule has 1 N–H and O–H groups in total. The van der Waals surface area contributed by atoms with Crippen LogP contribution in [0.2, 0.25) is 10.0 Å². The fraction of sp³-hybridized carbons (Fsp3) is 0.333. The van der Waals surface area contributed by atoms with Gasteiger partial charge in [0.05, 0.1) is 10.6 Å². The highest BCUT2D eigenvalue weighted by atomic mass is 35.5. The summed E-state index contributed by atoms with van der Waals surface area (Å²) >= 11 is 12.4. The van der Waals surface area contributed by atoms with Crippen molar-refractivity contribution in [3.8, 4) is 0 Å². The van der Waals surface area contributed by atoms with Crippen molar-refractivity contribution in [1.82, 2.24) is 10.2 Å². The number of anilines is 1. The Bertz CT molecular complexity index is 1470. The Balaban J connectivity index is 2.06. The molecular weight excluding hydrogens is 569 g/mol. The molecular formula is C30H35Cl2N3O4S. The number of nitrogens with one attached hydrogen (secondary N) is 1. The van der Waals surface area contributed by atoms with Gasteiger partial charge >= 0.3 is 0 Å². The maximum atomic E-state index is 14.0. The normalized spacial score (nSPS) is 12.5. The van der Waals surface area contributed by atoms with Gasteiger partial charge in [0.15, 0.2) is 0 Å². The minimum Gasteiger partial charge on any atom is -0.350 e. The van der Waals surface area contributed by atoms with E-state index in [9.17, 15) is 18.0 Å². The van der Waals surface area contributed by atoms with Crippen molar-refractivity contribution in [3.05, 3.63) is 93.5 Å². The van der Waals surface area contributed by atoms with E-state index in [0.29, 0.717) is 10.0 Å². The van der Waals surface area contributed by atoms with Gasteiger partial charge in [0, 0.05) is 22.1 Å². The average Bonchev–Trinajstić information content (AvgIpc) is 2.87. The Labute approximate surface area is 247 Å². The highest BCUT2D eigenvalue weighted by molar-refractivity contribution is 7.92. The lowest BCUT2D eigenvalue weighted by Gasteiger charge is -2.33. The first-order valence-corrected chi connectivity index (χ1v) is 15.0. The molecule has 3 rings (SSSR count). The predicted octanol–water partition coefficient (Wildman–Crippen LogP) is 6.14. The number of amides is 2. The van der Waals surface area contributed by atoms with Gasteiger partial charge in [0.2, 0.25) is 11.8 Å². The van der Waals surface area contributed by atoms with Gasteiger partial charge in [-0.1, -0.05) is 59.1 Å². The number of halogens is 2. The van der Waals surface area contributed by atoms with Crippen LogP contribution in [-0.2, 0) is 26.2 Å². The van der Waals surface area contributed by atoms with E-state index < -0.39 is 34.1 Å². The second kappa shape index (κ2) is 12.6. The summed E-state index contributed by atoms with van der Waals surface area (Å²) in [5, 5.41) is 3.81. The third-order valence-electron chi connectivity index (χ3n) is 6.26. The lowest BCUT2D eigenvalue weighted by molar-refractivity contribution is -0.140. The summed E-state index contributed by atoms with van der Waals surface area (Å²) < 4.78 is 28.8. The molecule has 10 heteroatoms. The number of nitrogens with zero attached hydrogens (tertiary/aromatic N) is 2. The van der Waals surface area contributed by atoms with Crippen molar-refractivity contribution in [2.75, 3.05) is 10.8 Å². The van der Waals surface area contributed by atoms with Gasteiger partial charge in [-0.2, -0.15) is 0 Å². The average molecular weight is 605 g/mol. The minimum absolute atomic E-state index is 0.0328. The number of carbonyl (C=O) groups is 2. The van der Waals surface area contributed by atoms with E-state index >= 15 is 0 Å². The van der Waals surface area contributed by atoms with Crippen LogP contribution in [0.15, 0.2) is 71.6 Å². The number of carbonyl (C=O) groups excluding carboxylic acids is 2. The predicted molar refractivity (Wildman–Crippen MR) is 161 cm³/mol. The van der Waals surface area contributed by atoms with Gasteiger partial charge < -0.3 is 10.2 Å². The number of hydrogen-bond donors (Lipinski definition) is 1. The molecule has 3 aromatic rings. The second-order valence-corrected chi connectivity index (χ2v) is 13.5. The third-order valence-corrected chi connectivity index (χ3v) is 8.71. The summed E-state index contributed by atoms with van der Waals surface area (Å²) in [4.78, 5) is 28.5. The number of sulfonamides is 1. The SMILES string of the molecule is Cc1ccc(S(=O)(=O)N(CC(=O)N(Cc2ccc(Cl)cc2)[C@@H](C)C(=O)NC(C)(C)C)c2ccc(C)c(Cl)c2)cc1. The molecule has 0 unspecified atom stereocenters. The van der Waals surface area contributed by atoms with E-state index in [1.54, 1.807) is 62.4 Å². The Morgan fingerprint density at radius 3 is 2.08 bits per heavy atom. The van der Waals surface area contributed by atoms with Gasteiger partial charge in [-0.15, -0.1) is 0 Å². The lowest BCUT2D eigenvalue weighted by atomic mass is 10.1. The van der Waals surface area contributed by atoms with Crippen LogP contribution in [0.5, 0.6) is 0 Å². The molecule has 0 fully saturated rings. The molecule has 0 aromatic heterocycles. The minimum atomic E-state index is -4.17. The standard InChI is InChI=1S/C30H35Cl2N3O4S/c1-20-7-15-26(16-8-20)40(38,39)35(25-14-9-21(2)27(32)17-25)19-28(36)34(18-23-10-12-24(31)13-11-23)22(3)29(37)33-30(4,5)6/h7-17,22H,18-19H2,1-6H3,(H,33,37)/t22-/m0/s1. The number of rotatable bonds is 9. The largest absolute Gasteiger partial charge is 0.350 e. The van der Waals surface area contributed by atoms with Crippen LogP contribution >= 0.6 is 23.2 Å². The Kier molecular flexibility index (Phi) is 9.93. The summed E-state index contributed by atoms with van der Waals surface area (Å²) in [5.41, 5.74) is 2.11. The van der Waals surface area contributed by atoms with Gasteiger partial charge in [-0.05, 0) is 89.1 Å². The second-order valence-electron chi connectivity index (χ2n) is 10.8. The van der Waals surface area contributed by atoms with Crippen molar-refractivity contribution in [2.45, 2.75) is 64.6 Å². The van der Waals surface area contributed by atoms with Crippen LogP contribution in [0.4, 0.5) is 5.69 Å². The van der Waals surface area contributed by atoms with E-state index in [1.807, 2.05) is 27.7 Å². The summed E-state index contributed by atoms with van der Waals surface area (Å²) in [7, 11) is -4.17. The quantitative estimate of drug-likeness (QED) is 0.318. The Morgan fingerprint density at radius 2 is 1.52 bits per heavy atom. The van der Waals surface area contributed by atoms with Crippen molar-refractivity contribution >= 4 is 50.7 Å². The Morgan fingerprint density at radius 1 is 0.925 bits per heavy atom. The smallest absolute Gasteiger partial charge is 0.264 e. The molecule has 0 spiro atoms. The first-order valence-electron chi connectivity index (χ1n) is 12.8. The van der Waals surface area contributed by atoms with Crippen LogP contribution in [0.1, 0.15) is 44.4 Å². The van der Waals surface area contributed by atoms with Gasteiger partial charge in [-0.25, -0.2) is 8.42 Å². The number of aryl methyl sites for hydroxylation is 2. The topological polar surface area (TPSA) is 86.8 Å². The number of hydrogen-bond acceptors (Lipinski definition) is 4. The molecule has 2 amide bonds. The fourth-order valence-electron chi connectivity index (χ4n) is 3.95. The maximum Gasteiger partial charge on any atom is 0.264 e. The van der Waals surface area contributed by atoms with Crippen LogP contribution in [-0.4, -0.2) is 43.3 Å². The molecule has 0 saturated carbocycles. The summed E-state index contributed by atoms with van der Waals surface area (Å²) in [6.45, 7) is 10.4. The monoisotopic (exact) mass is 603 g/mol. The van der Waals surface area contributed by atoms with Crippen LogP contribution in [0.3, 0.4) is 0 Å². The van der Waals surface area contributed by atoms with E-state index in [-0.39, 0.29) is 23.0 Å². The molecule has 7 nitrogen and oxygen atoms in total. The molecule has 40 heavy (non-hydrogen) atoms. The zero-order valence-electron chi connectivity index (χ0n) is 23.5. The molecule has 1 atom stereocenters. The maximum absolute atomic E-state index is 14.0. The van der Waals surface area contributed by atoms with Crippen molar-refractivity contribution < 1.29 is 18.0 Å². The molecule has 0 radical (unpaired) electrons. The van der Waals surface area contributed by atoms with E-state index in [0.717, 1.165) is 21.0 Å². The molecule has 0 aliphatic carbocycles. The molecule has 0 aliphatic heterocycles. The van der Waals surface area contributed by atoms with Gasteiger partial charge in [0.25, 0.3) is 10.0 Å². The summed E-state index contributed by atoms with van der Waals surface area (Å²) in [6.07, 6.45) is 0. The molecule has 0 saturated heterocycles. The van der Waals surface area contributed by atoms with Crippen LogP contribution < -0.4 is 9.62 Å². The fourth-order valence-corrected chi connectivity index (χ4v) is 5.65. The number of benzene rings is 3. The lowest BCUT2D eigenvalue weighted by Crippen LogP contribution is -2.54. The Hall–Kier alpha value is -3.07. The zero-order chi connectivity index (χ0) is 29.8. The first-order chi connectivity index (χ1) is 18.6. The molecule has 214 valence electrons. The molecule has 3 aromatic carbocycles. The van der Waals surface area contributed by atoms with Crippen molar-refractivity contribution in [3.63, 3.8) is 0 Å². The third kappa shape index (κ3) is 7.99. The van der Waals surface area contributed by atoms with E-state index in [4.69, 9.17) is 23.2 Å². The molecule has 0 aliphatic rings. The first kappa shape index (κ1) is 31.5. The summed E-state index contributed by atoms with van der Waals surface area (Å²) in [6, 6.07) is 17.2. The van der Waals surface area contributed by atoms with Gasteiger partial charge in [-0.3, -0.25) is 13.9 Å². The van der Waals surface area contributed by atoms with E-state index in [2.05, 4.69) is 5.32 Å². The van der Waals surface area contributed by atoms with Crippen LogP contribution in [0, 0.1) is 13.8 Å². The van der Waals surface area contributed by atoms with Crippen molar-refractivity contribution in [2.24, 2.45) is 0 Å². The zero-order valence-corrected chi connectivity index (χ0v) is 25.9.